The molecule has 1 amide bonds. The van der Waals surface area contributed by atoms with Gasteiger partial charge in [-0.05, 0) is 42.7 Å². The molecule has 1 aromatic rings. The molecule has 7 heteroatoms. The number of hydrogen-bond acceptors (Lipinski definition) is 4. The van der Waals surface area contributed by atoms with E-state index in [1.165, 1.54) is 17.6 Å². The average molecular weight is 314 g/mol. The zero-order valence-corrected chi connectivity index (χ0v) is 13.1. The van der Waals surface area contributed by atoms with Crippen LogP contribution in [0.2, 0.25) is 0 Å². The number of rotatable bonds is 3. The predicted molar refractivity (Wildman–Crippen MR) is 78.4 cm³/mol. The number of nitrogens with one attached hydrogen (secondary N) is 1. The van der Waals surface area contributed by atoms with Gasteiger partial charge in [0.1, 0.15) is 0 Å². The number of fused-ring (bicyclic) bond motifs is 2. The van der Waals surface area contributed by atoms with Crippen molar-refractivity contribution >= 4 is 27.3 Å². The molecule has 2 bridgehead atoms. The number of carbonyl (C=O) groups is 1. The number of aryl methyl sites for hydroxylation is 1. The van der Waals surface area contributed by atoms with E-state index < -0.39 is 10.0 Å². The van der Waals surface area contributed by atoms with Crippen molar-refractivity contribution in [3.05, 3.63) is 21.9 Å². The molecule has 2 heterocycles. The molecule has 20 heavy (non-hydrogen) atoms. The highest BCUT2D eigenvalue weighted by Crippen LogP contribution is 2.39. The minimum Gasteiger partial charge on any atom is -0.335 e. The van der Waals surface area contributed by atoms with Crippen molar-refractivity contribution in [1.82, 2.24) is 9.62 Å². The fourth-order valence-corrected chi connectivity index (χ4v) is 5.06. The fraction of sp³-hybridized carbons (Fsp3) is 0.615. The summed E-state index contributed by atoms with van der Waals surface area (Å²) in [7, 11) is -3.17. The Balaban J connectivity index is 1.71. The standard InChI is InChI=1S/C13H18N2O3S2/c1-8-3-4-19-12(8)13(16)15-7-9-5-10(15)6-11(9)14-20(2,17)18/h3-4,9-11,14H,5-7H2,1-2H3/t9-,10-,11-/m0/s1. The first-order valence-electron chi connectivity index (χ1n) is 6.67. The molecule has 1 saturated carbocycles. The van der Waals surface area contributed by atoms with E-state index in [0.717, 1.165) is 23.3 Å². The molecule has 0 unspecified atom stereocenters. The third-order valence-electron chi connectivity index (χ3n) is 4.22. The highest BCUT2D eigenvalue weighted by atomic mass is 32.2. The van der Waals surface area contributed by atoms with E-state index >= 15 is 0 Å². The van der Waals surface area contributed by atoms with Crippen LogP contribution in [-0.2, 0) is 10.0 Å². The number of piperidine rings is 1. The second kappa shape index (κ2) is 4.82. The summed E-state index contributed by atoms with van der Waals surface area (Å²) < 4.78 is 25.3. The van der Waals surface area contributed by atoms with Crippen LogP contribution < -0.4 is 4.72 Å². The van der Waals surface area contributed by atoms with E-state index in [4.69, 9.17) is 0 Å². The molecule has 110 valence electrons. The van der Waals surface area contributed by atoms with Crippen LogP contribution in [0.5, 0.6) is 0 Å². The second-order valence-corrected chi connectivity index (χ2v) is 8.47. The largest absolute Gasteiger partial charge is 0.335 e. The number of nitrogens with zero attached hydrogens (tertiary/aromatic N) is 1. The van der Waals surface area contributed by atoms with Gasteiger partial charge in [-0.25, -0.2) is 13.1 Å². The van der Waals surface area contributed by atoms with Crippen LogP contribution in [0.3, 0.4) is 0 Å². The minimum absolute atomic E-state index is 0.0107. The van der Waals surface area contributed by atoms with Gasteiger partial charge in [-0.15, -0.1) is 11.3 Å². The van der Waals surface area contributed by atoms with Gasteiger partial charge >= 0.3 is 0 Å². The van der Waals surface area contributed by atoms with Crippen molar-refractivity contribution in [2.45, 2.75) is 31.8 Å². The predicted octanol–water partition coefficient (Wildman–Crippen LogP) is 1.21. The molecular formula is C13H18N2O3S2. The molecule has 1 saturated heterocycles. The van der Waals surface area contributed by atoms with Crippen LogP contribution >= 0.6 is 11.3 Å². The number of thiophene rings is 1. The topological polar surface area (TPSA) is 66.5 Å². The van der Waals surface area contributed by atoms with Crippen molar-refractivity contribution in [1.29, 1.82) is 0 Å². The van der Waals surface area contributed by atoms with Gasteiger partial charge < -0.3 is 4.90 Å². The highest BCUT2D eigenvalue weighted by molar-refractivity contribution is 7.88. The normalized spacial score (nSPS) is 29.1. The molecule has 0 radical (unpaired) electrons. The van der Waals surface area contributed by atoms with E-state index in [0.29, 0.717) is 6.54 Å². The zero-order chi connectivity index (χ0) is 14.5. The summed E-state index contributed by atoms with van der Waals surface area (Å²) in [4.78, 5) is 15.2. The molecule has 1 N–H and O–H groups in total. The number of amides is 1. The lowest BCUT2D eigenvalue weighted by atomic mass is 10.0. The molecule has 1 aromatic heterocycles. The Bertz CT molecular complexity index is 638. The molecule has 5 nitrogen and oxygen atoms in total. The van der Waals surface area contributed by atoms with Crippen LogP contribution in [0.15, 0.2) is 11.4 Å². The summed E-state index contributed by atoms with van der Waals surface area (Å²) >= 11 is 1.48. The van der Waals surface area contributed by atoms with Crippen LogP contribution in [0.1, 0.15) is 28.1 Å². The minimum atomic E-state index is -3.17. The Labute approximate surface area is 123 Å². The maximum Gasteiger partial charge on any atom is 0.264 e. The van der Waals surface area contributed by atoms with E-state index in [1.807, 2.05) is 23.3 Å². The quantitative estimate of drug-likeness (QED) is 0.912. The lowest BCUT2D eigenvalue weighted by Crippen LogP contribution is -2.47. The van der Waals surface area contributed by atoms with E-state index in [2.05, 4.69) is 4.72 Å². The third kappa shape index (κ3) is 2.49. The average Bonchev–Trinajstić information content (AvgIpc) is 3.00. The van der Waals surface area contributed by atoms with Gasteiger partial charge in [0.05, 0.1) is 11.1 Å². The Morgan fingerprint density at radius 1 is 1.45 bits per heavy atom. The summed E-state index contributed by atoms with van der Waals surface area (Å²) in [6.07, 6.45) is 2.83. The zero-order valence-electron chi connectivity index (χ0n) is 11.5. The van der Waals surface area contributed by atoms with Gasteiger partial charge in [-0.1, -0.05) is 0 Å². The SMILES string of the molecule is Cc1ccsc1C(=O)N1C[C@@H]2C[C@H]1C[C@@H]2NS(C)(=O)=O. The maximum atomic E-state index is 12.5. The summed E-state index contributed by atoms with van der Waals surface area (Å²) in [6.45, 7) is 2.61. The van der Waals surface area contributed by atoms with Crippen molar-refractivity contribution in [2.24, 2.45) is 5.92 Å². The van der Waals surface area contributed by atoms with Crippen molar-refractivity contribution in [3.63, 3.8) is 0 Å². The summed E-state index contributed by atoms with van der Waals surface area (Å²) in [5.74, 6) is 0.349. The van der Waals surface area contributed by atoms with Gasteiger partial charge in [0.2, 0.25) is 10.0 Å². The van der Waals surface area contributed by atoms with Crippen LogP contribution in [0, 0.1) is 12.8 Å². The molecule has 2 fully saturated rings. The van der Waals surface area contributed by atoms with Crippen LogP contribution in [-0.4, -0.2) is 44.1 Å². The molecule has 3 atom stereocenters. The van der Waals surface area contributed by atoms with Gasteiger partial charge in [-0.2, -0.15) is 0 Å². The number of likely N-dealkylation sites (tertiary alicyclic amines) is 1. The van der Waals surface area contributed by atoms with Crippen molar-refractivity contribution in [3.8, 4) is 0 Å². The molecule has 3 rings (SSSR count). The molecular weight excluding hydrogens is 296 g/mol. The van der Waals surface area contributed by atoms with E-state index in [9.17, 15) is 13.2 Å². The first-order valence-corrected chi connectivity index (χ1v) is 9.44. The Morgan fingerprint density at radius 3 is 2.70 bits per heavy atom. The van der Waals surface area contributed by atoms with Gasteiger partial charge in [0.25, 0.3) is 5.91 Å². The Morgan fingerprint density at radius 2 is 2.20 bits per heavy atom. The van der Waals surface area contributed by atoms with E-state index in [-0.39, 0.29) is 23.9 Å². The van der Waals surface area contributed by atoms with Gasteiger partial charge in [0.15, 0.2) is 0 Å². The first-order chi connectivity index (χ1) is 9.35. The summed E-state index contributed by atoms with van der Waals surface area (Å²) in [6, 6.07) is 2.12. The van der Waals surface area contributed by atoms with Crippen LogP contribution in [0.25, 0.3) is 0 Å². The third-order valence-corrected chi connectivity index (χ3v) is 5.96. The molecule has 2 aliphatic rings. The molecule has 0 spiro atoms. The molecule has 1 aliphatic carbocycles. The monoisotopic (exact) mass is 314 g/mol. The smallest absolute Gasteiger partial charge is 0.264 e. The lowest BCUT2D eigenvalue weighted by Gasteiger charge is -2.31. The molecule has 1 aliphatic heterocycles. The summed E-state index contributed by atoms with van der Waals surface area (Å²) in [5.41, 5.74) is 1.02. The van der Waals surface area contributed by atoms with Gasteiger partial charge in [-0.3, -0.25) is 4.79 Å². The lowest BCUT2D eigenvalue weighted by molar-refractivity contribution is 0.0696. The number of hydrogen-bond donors (Lipinski definition) is 1. The Hall–Kier alpha value is -0.920. The van der Waals surface area contributed by atoms with Crippen molar-refractivity contribution < 1.29 is 13.2 Å². The van der Waals surface area contributed by atoms with E-state index in [1.54, 1.807) is 0 Å². The van der Waals surface area contributed by atoms with Crippen LogP contribution in [0.4, 0.5) is 0 Å². The summed E-state index contributed by atoms with van der Waals surface area (Å²) in [5, 5.41) is 1.94. The molecule has 0 aromatic carbocycles. The Kier molecular flexibility index (Phi) is 3.38. The number of carbonyl (C=O) groups excluding carboxylic acids is 1. The van der Waals surface area contributed by atoms with Crippen molar-refractivity contribution in [2.75, 3.05) is 12.8 Å². The fourth-order valence-electron chi connectivity index (χ4n) is 3.34. The number of sulfonamides is 1. The highest BCUT2D eigenvalue weighted by Gasteiger charge is 2.47. The second-order valence-electron chi connectivity index (χ2n) is 5.77. The first kappa shape index (κ1) is 14.0. The maximum absolute atomic E-state index is 12.5. The van der Waals surface area contributed by atoms with Gasteiger partial charge in [0, 0.05) is 18.6 Å².